The number of hydrogen-bond donors (Lipinski definition) is 2. The zero-order valence-corrected chi connectivity index (χ0v) is 13.1. The lowest BCUT2D eigenvalue weighted by Crippen LogP contribution is -2.34. The minimum absolute atomic E-state index is 0.0446. The van der Waals surface area contributed by atoms with Crippen LogP contribution in [0.5, 0.6) is 5.75 Å². The number of nitrogens with two attached hydrogens (primary N) is 1. The third kappa shape index (κ3) is 4.01. The number of carbonyl (C=O) groups is 1. The molecule has 3 N–H and O–H groups in total. The lowest BCUT2D eigenvalue weighted by atomic mass is 9.85. The van der Waals surface area contributed by atoms with Gasteiger partial charge in [-0.25, -0.2) is 0 Å². The molecule has 0 aliphatic heterocycles. The summed E-state index contributed by atoms with van der Waals surface area (Å²) >= 11 is 0. The Morgan fingerprint density at radius 1 is 1.14 bits per heavy atom. The maximum atomic E-state index is 12.4. The first-order valence-electron chi connectivity index (χ1n) is 8.54. The van der Waals surface area contributed by atoms with Crippen molar-refractivity contribution in [3.63, 3.8) is 0 Å². The molecule has 1 aromatic rings. The number of rotatable bonds is 4. The molecule has 4 nitrogen and oxygen atoms in total. The summed E-state index contributed by atoms with van der Waals surface area (Å²) in [6.45, 7) is 0. The smallest absolute Gasteiger partial charge is 0.227 e. The molecule has 0 heterocycles. The van der Waals surface area contributed by atoms with Crippen molar-refractivity contribution in [3.8, 4) is 5.75 Å². The molecule has 0 radical (unpaired) electrons. The normalized spacial score (nSPS) is 25.9. The van der Waals surface area contributed by atoms with Crippen LogP contribution in [0, 0.1) is 5.92 Å². The molecule has 2 fully saturated rings. The average Bonchev–Trinajstić information content (AvgIpc) is 3.00. The minimum atomic E-state index is 0.0446. The Morgan fingerprint density at radius 2 is 1.95 bits per heavy atom. The maximum Gasteiger partial charge on any atom is 0.227 e. The van der Waals surface area contributed by atoms with Crippen molar-refractivity contribution >= 4 is 11.6 Å². The molecule has 1 aromatic carbocycles. The molecule has 0 aromatic heterocycles. The van der Waals surface area contributed by atoms with Crippen LogP contribution in [0.15, 0.2) is 24.3 Å². The van der Waals surface area contributed by atoms with Crippen LogP contribution in [0.3, 0.4) is 0 Å². The van der Waals surface area contributed by atoms with Gasteiger partial charge in [0.15, 0.2) is 0 Å². The number of benzene rings is 1. The molecule has 1 amide bonds. The number of nitrogens with one attached hydrogen (secondary N) is 1. The second-order valence-electron chi connectivity index (χ2n) is 6.67. The molecule has 4 heteroatoms. The molecular weight excluding hydrogens is 276 g/mol. The van der Waals surface area contributed by atoms with Gasteiger partial charge in [0, 0.05) is 23.7 Å². The molecule has 2 atom stereocenters. The Kier molecular flexibility index (Phi) is 4.98. The van der Waals surface area contributed by atoms with Gasteiger partial charge in [-0.15, -0.1) is 0 Å². The van der Waals surface area contributed by atoms with Crippen molar-refractivity contribution in [1.29, 1.82) is 0 Å². The lowest BCUT2D eigenvalue weighted by Gasteiger charge is -2.25. The monoisotopic (exact) mass is 302 g/mol. The van der Waals surface area contributed by atoms with Gasteiger partial charge in [0.1, 0.15) is 5.75 Å². The van der Waals surface area contributed by atoms with E-state index in [-0.39, 0.29) is 17.9 Å². The van der Waals surface area contributed by atoms with Crippen molar-refractivity contribution in [3.05, 3.63) is 24.3 Å². The lowest BCUT2D eigenvalue weighted by molar-refractivity contribution is -0.120. The SMILES string of the molecule is NC1CCCC(C(=O)Nc2cccc(OC3CCCC3)c2)C1. The van der Waals surface area contributed by atoms with Crippen LogP contribution in [0.4, 0.5) is 5.69 Å². The van der Waals surface area contributed by atoms with Gasteiger partial charge in [-0.1, -0.05) is 12.5 Å². The van der Waals surface area contributed by atoms with Gasteiger partial charge in [0.2, 0.25) is 5.91 Å². The highest BCUT2D eigenvalue weighted by molar-refractivity contribution is 5.92. The number of amides is 1. The van der Waals surface area contributed by atoms with Crippen LogP contribution < -0.4 is 15.8 Å². The van der Waals surface area contributed by atoms with Gasteiger partial charge in [0.25, 0.3) is 0 Å². The van der Waals surface area contributed by atoms with E-state index in [0.29, 0.717) is 6.10 Å². The van der Waals surface area contributed by atoms with Crippen molar-refractivity contribution in [2.75, 3.05) is 5.32 Å². The Labute approximate surface area is 132 Å². The molecule has 0 bridgehead atoms. The molecule has 2 unspecified atom stereocenters. The van der Waals surface area contributed by atoms with Crippen LogP contribution >= 0.6 is 0 Å². The topological polar surface area (TPSA) is 64.4 Å². The zero-order chi connectivity index (χ0) is 15.4. The fourth-order valence-corrected chi connectivity index (χ4v) is 3.56. The zero-order valence-electron chi connectivity index (χ0n) is 13.1. The van der Waals surface area contributed by atoms with Gasteiger partial charge in [-0.3, -0.25) is 4.79 Å². The Morgan fingerprint density at radius 3 is 2.73 bits per heavy atom. The van der Waals surface area contributed by atoms with Gasteiger partial charge in [-0.2, -0.15) is 0 Å². The minimum Gasteiger partial charge on any atom is -0.490 e. The summed E-state index contributed by atoms with van der Waals surface area (Å²) in [7, 11) is 0. The molecule has 120 valence electrons. The summed E-state index contributed by atoms with van der Waals surface area (Å²) in [5, 5.41) is 3.02. The van der Waals surface area contributed by atoms with Crippen molar-refractivity contribution in [2.24, 2.45) is 11.7 Å². The van der Waals surface area contributed by atoms with Crippen molar-refractivity contribution in [1.82, 2.24) is 0 Å². The summed E-state index contributed by atoms with van der Waals surface area (Å²) in [6, 6.07) is 7.92. The predicted molar refractivity (Wildman–Crippen MR) is 87.9 cm³/mol. The van der Waals surface area contributed by atoms with Crippen molar-refractivity contribution < 1.29 is 9.53 Å². The summed E-state index contributed by atoms with van der Waals surface area (Å²) in [4.78, 5) is 12.4. The molecule has 0 saturated heterocycles. The second kappa shape index (κ2) is 7.14. The first-order chi connectivity index (χ1) is 10.7. The quantitative estimate of drug-likeness (QED) is 0.895. The highest BCUT2D eigenvalue weighted by Crippen LogP contribution is 2.27. The molecule has 0 spiro atoms. The van der Waals surface area contributed by atoms with E-state index in [1.54, 1.807) is 0 Å². The average molecular weight is 302 g/mol. The molecule has 3 rings (SSSR count). The van der Waals surface area contributed by atoms with Gasteiger partial charge in [0.05, 0.1) is 6.10 Å². The summed E-state index contributed by atoms with van der Waals surface area (Å²) in [5.74, 6) is 0.987. The Balaban J connectivity index is 1.58. The highest BCUT2D eigenvalue weighted by atomic mass is 16.5. The van der Waals surface area contributed by atoms with Crippen LogP contribution in [0.1, 0.15) is 51.4 Å². The Bertz CT molecular complexity index is 512. The van der Waals surface area contributed by atoms with Crippen LogP contribution in [-0.2, 0) is 4.79 Å². The van der Waals surface area contributed by atoms with Crippen LogP contribution in [0.25, 0.3) is 0 Å². The summed E-state index contributed by atoms with van der Waals surface area (Å²) in [5.41, 5.74) is 6.79. The van der Waals surface area contributed by atoms with E-state index in [1.165, 1.54) is 12.8 Å². The van der Waals surface area contributed by atoms with E-state index in [0.717, 1.165) is 50.0 Å². The second-order valence-corrected chi connectivity index (χ2v) is 6.67. The van der Waals surface area contributed by atoms with Gasteiger partial charge >= 0.3 is 0 Å². The molecule has 2 saturated carbocycles. The fourth-order valence-electron chi connectivity index (χ4n) is 3.56. The number of hydrogen-bond acceptors (Lipinski definition) is 3. The fraction of sp³-hybridized carbons (Fsp3) is 0.611. The largest absolute Gasteiger partial charge is 0.490 e. The summed E-state index contributed by atoms with van der Waals surface area (Å²) < 4.78 is 5.99. The summed E-state index contributed by atoms with van der Waals surface area (Å²) in [6.07, 6.45) is 8.93. The third-order valence-electron chi connectivity index (χ3n) is 4.79. The van der Waals surface area contributed by atoms with E-state index in [4.69, 9.17) is 10.5 Å². The van der Waals surface area contributed by atoms with E-state index in [2.05, 4.69) is 5.32 Å². The Hall–Kier alpha value is -1.55. The number of carbonyl (C=O) groups excluding carboxylic acids is 1. The van der Waals surface area contributed by atoms with Gasteiger partial charge < -0.3 is 15.8 Å². The van der Waals surface area contributed by atoms with E-state index < -0.39 is 0 Å². The third-order valence-corrected chi connectivity index (χ3v) is 4.79. The standard InChI is InChI=1S/C18H26N2O2/c19-14-6-3-5-13(11-14)18(21)20-15-7-4-10-17(12-15)22-16-8-1-2-9-16/h4,7,10,12-14,16H,1-3,5-6,8-9,11,19H2,(H,20,21). The molecule has 2 aliphatic carbocycles. The molecular formula is C18H26N2O2. The number of anilines is 1. The number of ether oxygens (including phenoxy) is 1. The molecule has 22 heavy (non-hydrogen) atoms. The van der Waals surface area contributed by atoms with E-state index in [9.17, 15) is 4.79 Å². The highest BCUT2D eigenvalue weighted by Gasteiger charge is 2.25. The van der Waals surface area contributed by atoms with Crippen LogP contribution in [0.2, 0.25) is 0 Å². The first-order valence-corrected chi connectivity index (χ1v) is 8.54. The van der Waals surface area contributed by atoms with E-state index >= 15 is 0 Å². The predicted octanol–water partition coefficient (Wildman–Crippen LogP) is 3.46. The van der Waals surface area contributed by atoms with Crippen LogP contribution in [-0.4, -0.2) is 18.1 Å². The first kappa shape index (κ1) is 15.3. The van der Waals surface area contributed by atoms with E-state index in [1.807, 2.05) is 24.3 Å². The molecule has 2 aliphatic rings. The van der Waals surface area contributed by atoms with Gasteiger partial charge in [-0.05, 0) is 57.1 Å². The van der Waals surface area contributed by atoms with Crippen molar-refractivity contribution in [2.45, 2.75) is 63.5 Å². The maximum absolute atomic E-state index is 12.4.